The van der Waals surface area contributed by atoms with Gasteiger partial charge in [0, 0.05) is 18.5 Å². The Morgan fingerprint density at radius 1 is 1.14 bits per heavy atom. The van der Waals surface area contributed by atoms with Crippen molar-refractivity contribution in [2.75, 3.05) is 18.9 Å². The molecule has 0 aliphatic rings. The summed E-state index contributed by atoms with van der Waals surface area (Å²) in [5.74, 6) is 4.21. The maximum Gasteiger partial charge on any atom is 0.328 e. The predicted molar refractivity (Wildman–Crippen MR) is 134 cm³/mol. The van der Waals surface area contributed by atoms with Crippen LogP contribution >= 0.6 is 0 Å². The first-order chi connectivity index (χ1) is 17.8. The number of pyridine rings is 1. The molecule has 194 valence electrons. The maximum atomic E-state index is 12.7. The van der Waals surface area contributed by atoms with Crippen molar-refractivity contribution in [3.05, 3.63) is 51.7 Å². The van der Waals surface area contributed by atoms with Gasteiger partial charge in [-0.3, -0.25) is 19.4 Å². The van der Waals surface area contributed by atoms with Gasteiger partial charge in [0.15, 0.2) is 0 Å². The summed E-state index contributed by atoms with van der Waals surface area (Å²) in [4.78, 5) is 62.4. The lowest BCUT2D eigenvalue weighted by atomic mass is 10.1. The standard InChI is InChI=1S/C25H28N6O6/c1-3-36-20(32)13-12-19(24(35)37-4-2)29-23(34)18-11-7-10-15(27-18)8-5-6-9-16-14-17-21(28-16)30-25(26)31-22(17)33/h7,10-11,14,19H,3-4,6,9,12-13H2,1-2H3,(H,29,34)(H4,26,28,30,31,33)/t19-/m0/s1. The minimum Gasteiger partial charge on any atom is -0.466 e. The summed E-state index contributed by atoms with van der Waals surface area (Å²) in [5, 5.41) is 2.99. The second kappa shape index (κ2) is 12.9. The molecule has 3 heterocycles. The van der Waals surface area contributed by atoms with Crippen molar-refractivity contribution in [2.45, 2.75) is 45.6 Å². The van der Waals surface area contributed by atoms with E-state index in [0.717, 1.165) is 5.69 Å². The highest BCUT2D eigenvalue weighted by molar-refractivity contribution is 5.95. The smallest absolute Gasteiger partial charge is 0.328 e. The molecule has 0 aromatic carbocycles. The van der Waals surface area contributed by atoms with E-state index in [1.165, 1.54) is 6.07 Å². The molecule has 37 heavy (non-hydrogen) atoms. The number of aromatic amines is 2. The molecule has 0 unspecified atom stereocenters. The number of H-pyrrole nitrogens is 2. The van der Waals surface area contributed by atoms with Crippen LogP contribution in [-0.2, 0) is 25.5 Å². The van der Waals surface area contributed by atoms with Gasteiger partial charge in [0.25, 0.3) is 11.5 Å². The molecule has 1 atom stereocenters. The van der Waals surface area contributed by atoms with Gasteiger partial charge < -0.3 is 25.5 Å². The summed E-state index contributed by atoms with van der Waals surface area (Å²) in [6, 6.07) is 5.45. The third-order valence-electron chi connectivity index (χ3n) is 5.11. The third kappa shape index (κ3) is 7.66. The van der Waals surface area contributed by atoms with Gasteiger partial charge in [-0.15, -0.1) is 0 Å². The van der Waals surface area contributed by atoms with Crippen LogP contribution in [-0.4, -0.2) is 57.0 Å². The molecule has 0 saturated carbocycles. The number of carbonyl (C=O) groups is 3. The van der Waals surface area contributed by atoms with Crippen molar-refractivity contribution >= 4 is 34.8 Å². The van der Waals surface area contributed by atoms with E-state index < -0.39 is 23.9 Å². The van der Waals surface area contributed by atoms with Gasteiger partial charge in [-0.1, -0.05) is 12.0 Å². The highest BCUT2D eigenvalue weighted by atomic mass is 16.5. The highest BCUT2D eigenvalue weighted by Gasteiger charge is 2.24. The monoisotopic (exact) mass is 508 g/mol. The fraction of sp³-hybridized carbons (Fsp3) is 0.360. The Labute approximate surface area is 212 Å². The Morgan fingerprint density at radius 2 is 1.92 bits per heavy atom. The van der Waals surface area contributed by atoms with E-state index in [-0.39, 0.29) is 43.3 Å². The number of aryl methyl sites for hydroxylation is 1. The number of carbonyl (C=O) groups excluding carboxylic acids is 3. The Balaban J connectivity index is 1.62. The van der Waals surface area contributed by atoms with E-state index in [9.17, 15) is 19.2 Å². The number of fused-ring (bicyclic) bond motifs is 1. The van der Waals surface area contributed by atoms with Gasteiger partial charge >= 0.3 is 11.9 Å². The first-order valence-corrected chi connectivity index (χ1v) is 11.8. The summed E-state index contributed by atoms with van der Waals surface area (Å²) >= 11 is 0. The molecule has 3 aromatic rings. The molecule has 12 heteroatoms. The minimum absolute atomic E-state index is 0.0324. The number of nitrogen functional groups attached to an aromatic ring is 1. The Morgan fingerprint density at radius 3 is 2.68 bits per heavy atom. The van der Waals surface area contributed by atoms with Crippen LogP contribution < -0.4 is 16.6 Å². The molecule has 12 nitrogen and oxygen atoms in total. The van der Waals surface area contributed by atoms with Gasteiger partial charge in [0.1, 0.15) is 23.1 Å². The predicted octanol–water partition coefficient (Wildman–Crippen LogP) is 1.22. The third-order valence-corrected chi connectivity index (χ3v) is 5.11. The molecule has 0 bridgehead atoms. The summed E-state index contributed by atoms with van der Waals surface area (Å²) in [5.41, 5.74) is 6.87. The average molecular weight is 509 g/mol. The molecule has 0 aliphatic carbocycles. The first-order valence-electron chi connectivity index (χ1n) is 11.8. The number of nitrogens with zero attached hydrogens (tertiary/aromatic N) is 2. The van der Waals surface area contributed by atoms with Crippen LogP contribution in [0.1, 0.15) is 55.0 Å². The number of esters is 2. The molecule has 5 N–H and O–H groups in total. The zero-order valence-corrected chi connectivity index (χ0v) is 20.6. The lowest BCUT2D eigenvalue weighted by molar-refractivity contribution is -0.146. The van der Waals surface area contributed by atoms with Crippen molar-refractivity contribution in [3.8, 4) is 11.8 Å². The summed E-state index contributed by atoms with van der Waals surface area (Å²) in [7, 11) is 0. The van der Waals surface area contributed by atoms with E-state index in [4.69, 9.17) is 15.2 Å². The fourth-order valence-corrected chi connectivity index (χ4v) is 3.43. The Bertz CT molecular complexity index is 1400. The number of aromatic nitrogens is 4. The molecular formula is C25H28N6O6. The Kier molecular flexibility index (Phi) is 9.37. The number of nitrogens with two attached hydrogens (primary N) is 1. The quantitative estimate of drug-likeness (QED) is 0.231. The van der Waals surface area contributed by atoms with Crippen LogP contribution in [0.5, 0.6) is 0 Å². The summed E-state index contributed by atoms with van der Waals surface area (Å²) in [6.07, 6.45) is 0.969. The SMILES string of the molecule is CCOC(=O)CC[C@H](NC(=O)c1cccc(C#CCCc2cc3c(=O)[nH]c(N)nc3[nH]2)n1)C(=O)OCC. The Hall–Kier alpha value is -4.66. The van der Waals surface area contributed by atoms with Crippen LogP contribution in [0.3, 0.4) is 0 Å². The fourth-order valence-electron chi connectivity index (χ4n) is 3.43. The number of nitrogens with one attached hydrogen (secondary N) is 3. The average Bonchev–Trinajstić information content (AvgIpc) is 3.28. The van der Waals surface area contributed by atoms with Gasteiger partial charge in [-0.25, -0.2) is 9.78 Å². The lowest BCUT2D eigenvalue weighted by Crippen LogP contribution is -2.42. The van der Waals surface area contributed by atoms with E-state index in [1.54, 1.807) is 32.0 Å². The topological polar surface area (TPSA) is 182 Å². The van der Waals surface area contributed by atoms with Crippen LogP contribution in [0.15, 0.2) is 29.1 Å². The van der Waals surface area contributed by atoms with Crippen molar-refractivity contribution in [2.24, 2.45) is 0 Å². The molecule has 1 amide bonds. The van der Waals surface area contributed by atoms with Crippen molar-refractivity contribution < 1.29 is 23.9 Å². The molecule has 0 saturated heterocycles. The van der Waals surface area contributed by atoms with Crippen molar-refractivity contribution in [1.29, 1.82) is 0 Å². The van der Waals surface area contributed by atoms with Gasteiger partial charge in [0.05, 0.1) is 18.6 Å². The number of hydrogen-bond acceptors (Lipinski definition) is 9. The summed E-state index contributed by atoms with van der Waals surface area (Å²) in [6.45, 7) is 3.69. The number of anilines is 1. The van der Waals surface area contributed by atoms with Crippen LogP contribution in [0.25, 0.3) is 11.0 Å². The number of ether oxygens (including phenoxy) is 2. The van der Waals surface area contributed by atoms with Crippen molar-refractivity contribution in [3.63, 3.8) is 0 Å². The number of amides is 1. The molecule has 3 rings (SSSR count). The van der Waals surface area contributed by atoms with Crippen LogP contribution in [0.4, 0.5) is 5.95 Å². The minimum atomic E-state index is -1.03. The maximum absolute atomic E-state index is 12.7. The van der Waals surface area contributed by atoms with Crippen molar-refractivity contribution in [1.82, 2.24) is 25.3 Å². The molecule has 0 radical (unpaired) electrons. The van der Waals surface area contributed by atoms with E-state index in [2.05, 4.69) is 37.1 Å². The van der Waals surface area contributed by atoms with Crippen LogP contribution in [0.2, 0.25) is 0 Å². The van der Waals surface area contributed by atoms with Gasteiger partial charge in [-0.2, -0.15) is 4.98 Å². The second-order valence-electron chi connectivity index (χ2n) is 7.84. The normalized spacial score (nSPS) is 11.3. The molecular weight excluding hydrogens is 480 g/mol. The van der Waals surface area contributed by atoms with E-state index in [0.29, 0.717) is 29.6 Å². The molecule has 0 spiro atoms. The molecule has 0 fully saturated rings. The highest BCUT2D eigenvalue weighted by Crippen LogP contribution is 2.11. The molecule has 3 aromatic heterocycles. The van der Waals surface area contributed by atoms with Gasteiger partial charge in [-0.05, 0) is 50.8 Å². The second-order valence-corrected chi connectivity index (χ2v) is 7.84. The zero-order valence-electron chi connectivity index (χ0n) is 20.6. The van der Waals surface area contributed by atoms with E-state index >= 15 is 0 Å². The van der Waals surface area contributed by atoms with E-state index in [1.807, 2.05) is 0 Å². The molecule has 0 aliphatic heterocycles. The first kappa shape index (κ1) is 26.9. The number of rotatable bonds is 10. The largest absolute Gasteiger partial charge is 0.466 e. The summed E-state index contributed by atoms with van der Waals surface area (Å²) < 4.78 is 9.89. The van der Waals surface area contributed by atoms with Gasteiger partial charge in [0.2, 0.25) is 5.95 Å². The zero-order chi connectivity index (χ0) is 26.8. The van der Waals surface area contributed by atoms with Crippen LogP contribution in [0, 0.1) is 11.8 Å². The number of hydrogen-bond donors (Lipinski definition) is 4. The lowest BCUT2D eigenvalue weighted by Gasteiger charge is -2.16.